The quantitative estimate of drug-likeness (QED) is 0.756. The van der Waals surface area contributed by atoms with E-state index >= 15 is 0 Å². The molecule has 4 nitrogen and oxygen atoms in total. The second kappa shape index (κ2) is 6.69. The van der Waals surface area contributed by atoms with Crippen LogP contribution in [0.5, 0.6) is 0 Å². The summed E-state index contributed by atoms with van der Waals surface area (Å²) in [4.78, 5) is 9.01. The summed E-state index contributed by atoms with van der Waals surface area (Å²) in [6.45, 7) is 7.52. The van der Waals surface area contributed by atoms with Crippen LogP contribution in [0, 0.1) is 0 Å². The van der Waals surface area contributed by atoms with E-state index in [1.54, 1.807) is 7.11 Å². The fourth-order valence-corrected chi connectivity index (χ4v) is 2.14. The molecule has 0 N–H and O–H groups in total. The molecule has 0 atom stereocenters. The molecule has 0 unspecified atom stereocenters. The van der Waals surface area contributed by atoms with Crippen LogP contribution in [0.3, 0.4) is 0 Å². The molecule has 0 amide bonds. The highest BCUT2D eigenvalue weighted by molar-refractivity contribution is 5.09. The van der Waals surface area contributed by atoms with Crippen molar-refractivity contribution in [3.63, 3.8) is 0 Å². The van der Waals surface area contributed by atoms with Crippen molar-refractivity contribution in [2.45, 2.75) is 6.54 Å². The first-order chi connectivity index (χ1) is 8.38. The van der Waals surface area contributed by atoms with Gasteiger partial charge in [-0.15, -0.1) is 0 Å². The molecule has 4 heteroatoms. The number of pyridine rings is 1. The molecule has 1 aliphatic rings. The molecule has 1 aromatic heterocycles. The van der Waals surface area contributed by atoms with E-state index in [1.807, 2.05) is 12.4 Å². The van der Waals surface area contributed by atoms with Crippen molar-refractivity contribution < 1.29 is 4.74 Å². The highest BCUT2D eigenvalue weighted by Crippen LogP contribution is 2.07. The van der Waals surface area contributed by atoms with Gasteiger partial charge in [-0.05, 0) is 17.7 Å². The zero-order chi connectivity index (χ0) is 11.9. The molecule has 1 aliphatic heterocycles. The van der Waals surface area contributed by atoms with Crippen LogP contribution in [0.1, 0.15) is 5.56 Å². The van der Waals surface area contributed by atoms with Crippen molar-refractivity contribution in [3.05, 3.63) is 30.1 Å². The van der Waals surface area contributed by atoms with Crippen molar-refractivity contribution in [1.82, 2.24) is 14.8 Å². The standard InChI is InChI=1S/C13H21N3O/c1-17-11-10-15-6-8-16(9-7-15)12-13-2-4-14-5-3-13/h2-5H,6-12H2,1H3. The Morgan fingerprint density at radius 3 is 2.41 bits per heavy atom. The molecule has 2 rings (SSSR count). The van der Waals surface area contributed by atoms with E-state index in [4.69, 9.17) is 4.74 Å². The van der Waals surface area contributed by atoms with Crippen LogP contribution in [0.15, 0.2) is 24.5 Å². The van der Waals surface area contributed by atoms with Crippen molar-refractivity contribution in [1.29, 1.82) is 0 Å². The van der Waals surface area contributed by atoms with Crippen molar-refractivity contribution in [2.24, 2.45) is 0 Å². The number of aromatic nitrogens is 1. The minimum Gasteiger partial charge on any atom is -0.383 e. The second-order valence-electron chi connectivity index (χ2n) is 4.47. The average Bonchev–Trinajstić information content (AvgIpc) is 2.39. The van der Waals surface area contributed by atoms with Gasteiger partial charge in [0, 0.05) is 58.8 Å². The predicted molar refractivity (Wildman–Crippen MR) is 67.8 cm³/mol. The maximum atomic E-state index is 5.10. The first kappa shape index (κ1) is 12.5. The Balaban J connectivity index is 1.72. The fraction of sp³-hybridized carbons (Fsp3) is 0.615. The van der Waals surface area contributed by atoms with Crippen molar-refractivity contribution >= 4 is 0 Å². The number of hydrogen-bond donors (Lipinski definition) is 0. The second-order valence-corrected chi connectivity index (χ2v) is 4.47. The lowest BCUT2D eigenvalue weighted by Crippen LogP contribution is -2.46. The normalized spacial score (nSPS) is 18.4. The summed E-state index contributed by atoms with van der Waals surface area (Å²) in [7, 11) is 1.76. The van der Waals surface area contributed by atoms with E-state index in [1.165, 1.54) is 5.56 Å². The summed E-state index contributed by atoms with van der Waals surface area (Å²) in [5, 5.41) is 0. The Morgan fingerprint density at radius 2 is 1.76 bits per heavy atom. The molecule has 2 heterocycles. The lowest BCUT2D eigenvalue weighted by atomic mass is 10.2. The third kappa shape index (κ3) is 4.07. The Bertz CT molecular complexity index is 310. The summed E-state index contributed by atoms with van der Waals surface area (Å²) < 4.78 is 5.10. The molecule has 0 radical (unpaired) electrons. The van der Waals surface area contributed by atoms with Crippen LogP contribution >= 0.6 is 0 Å². The molecule has 0 aromatic carbocycles. The highest BCUT2D eigenvalue weighted by Gasteiger charge is 2.16. The SMILES string of the molecule is COCCN1CCN(Cc2ccncc2)CC1. The van der Waals surface area contributed by atoms with Crippen LogP contribution in [0.25, 0.3) is 0 Å². The van der Waals surface area contributed by atoms with Gasteiger partial charge >= 0.3 is 0 Å². The largest absolute Gasteiger partial charge is 0.383 e. The average molecular weight is 235 g/mol. The van der Waals surface area contributed by atoms with E-state index in [-0.39, 0.29) is 0 Å². The van der Waals surface area contributed by atoms with Crippen LogP contribution in [0.2, 0.25) is 0 Å². The van der Waals surface area contributed by atoms with Gasteiger partial charge in [-0.25, -0.2) is 0 Å². The van der Waals surface area contributed by atoms with Crippen LogP contribution in [0.4, 0.5) is 0 Å². The number of rotatable bonds is 5. The van der Waals surface area contributed by atoms with Crippen LogP contribution in [-0.4, -0.2) is 61.2 Å². The van der Waals surface area contributed by atoms with E-state index in [0.717, 1.165) is 45.9 Å². The zero-order valence-corrected chi connectivity index (χ0v) is 10.5. The monoisotopic (exact) mass is 235 g/mol. The topological polar surface area (TPSA) is 28.6 Å². The molecule has 1 saturated heterocycles. The smallest absolute Gasteiger partial charge is 0.0589 e. The molecule has 0 saturated carbocycles. The first-order valence-electron chi connectivity index (χ1n) is 6.21. The summed E-state index contributed by atoms with van der Waals surface area (Å²) >= 11 is 0. The maximum absolute atomic E-state index is 5.10. The number of piperazine rings is 1. The van der Waals surface area contributed by atoms with E-state index in [0.29, 0.717) is 0 Å². The molecule has 0 bridgehead atoms. The summed E-state index contributed by atoms with van der Waals surface area (Å²) in [5.41, 5.74) is 1.35. The minimum atomic E-state index is 0.838. The van der Waals surface area contributed by atoms with Gasteiger partial charge in [0.1, 0.15) is 0 Å². The van der Waals surface area contributed by atoms with Crippen molar-refractivity contribution in [3.8, 4) is 0 Å². The van der Waals surface area contributed by atoms with Gasteiger partial charge in [0.2, 0.25) is 0 Å². The summed E-state index contributed by atoms with van der Waals surface area (Å²) in [6, 6.07) is 4.19. The lowest BCUT2D eigenvalue weighted by molar-refractivity contribution is 0.0938. The Labute approximate surface area is 103 Å². The van der Waals surface area contributed by atoms with Crippen LogP contribution < -0.4 is 0 Å². The maximum Gasteiger partial charge on any atom is 0.0589 e. The molecule has 17 heavy (non-hydrogen) atoms. The molecule has 94 valence electrons. The summed E-state index contributed by atoms with van der Waals surface area (Å²) in [5.74, 6) is 0. The van der Waals surface area contributed by atoms with Gasteiger partial charge in [0.05, 0.1) is 6.61 Å². The third-order valence-corrected chi connectivity index (χ3v) is 3.23. The number of nitrogens with zero attached hydrogens (tertiary/aromatic N) is 3. The lowest BCUT2D eigenvalue weighted by Gasteiger charge is -2.34. The molecule has 1 fully saturated rings. The number of methoxy groups -OCH3 is 1. The van der Waals surface area contributed by atoms with Crippen molar-refractivity contribution in [2.75, 3.05) is 46.4 Å². The van der Waals surface area contributed by atoms with Gasteiger partial charge in [-0.2, -0.15) is 0 Å². The third-order valence-electron chi connectivity index (χ3n) is 3.23. The van der Waals surface area contributed by atoms with Gasteiger partial charge in [-0.3, -0.25) is 14.8 Å². The Hall–Kier alpha value is -0.970. The molecular weight excluding hydrogens is 214 g/mol. The Morgan fingerprint density at radius 1 is 1.12 bits per heavy atom. The number of hydrogen-bond acceptors (Lipinski definition) is 4. The highest BCUT2D eigenvalue weighted by atomic mass is 16.5. The van der Waals surface area contributed by atoms with E-state index in [2.05, 4.69) is 26.9 Å². The molecule has 1 aromatic rings. The molecule has 0 spiro atoms. The number of ether oxygens (including phenoxy) is 1. The van der Waals surface area contributed by atoms with Crippen LogP contribution in [-0.2, 0) is 11.3 Å². The van der Waals surface area contributed by atoms with Gasteiger partial charge in [0.25, 0.3) is 0 Å². The van der Waals surface area contributed by atoms with E-state index in [9.17, 15) is 0 Å². The van der Waals surface area contributed by atoms with Gasteiger partial charge in [-0.1, -0.05) is 0 Å². The predicted octanol–water partition coefficient (Wildman–Crippen LogP) is 0.846. The first-order valence-corrected chi connectivity index (χ1v) is 6.21. The van der Waals surface area contributed by atoms with E-state index < -0.39 is 0 Å². The Kier molecular flexibility index (Phi) is 4.91. The molecular formula is C13H21N3O. The van der Waals surface area contributed by atoms with Gasteiger partial charge < -0.3 is 4.74 Å². The van der Waals surface area contributed by atoms with Gasteiger partial charge in [0.15, 0.2) is 0 Å². The fourth-order valence-electron chi connectivity index (χ4n) is 2.14. The molecule has 0 aliphatic carbocycles. The minimum absolute atomic E-state index is 0.838. The summed E-state index contributed by atoms with van der Waals surface area (Å²) in [6.07, 6.45) is 3.73. The zero-order valence-electron chi connectivity index (χ0n) is 10.5.